The van der Waals surface area contributed by atoms with Gasteiger partial charge >= 0.3 is 12.0 Å². The van der Waals surface area contributed by atoms with Crippen LogP contribution in [0.3, 0.4) is 0 Å². The molecule has 1 aromatic carbocycles. The van der Waals surface area contributed by atoms with E-state index in [0.717, 1.165) is 17.9 Å². The Morgan fingerprint density at radius 1 is 1.29 bits per heavy atom. The molecule has 1 aliphatic carbocycles. The molecule has 1 aromatic rings. The van der Waals surface area contributed by atoms with Gasteiger partial charge < -0.3 is 10.4 Å². The van der Waals surface area contributed by atoms with Gasteiger partial charge in [-0.15, -0.1) is 0 Å². The van der Waals surface area contributed by atoms with Gasteiger partial charge in [0.1, 0.15) is 6.04 Å². The molecule has 0 unspecified atom stereocenters. The summed E-state index contributed by atoms with van der Waals surface area (Å²) in [7, 11) is 0. The minimum absolute atomic E-state index is 0.299. The summed E-state index contributed by atoms with van der Waals surface area (Å²) in [6, 6.07) is 6.29. The molecule has 0 bridgehead atoms. The van der Waals surface area contributed by atoms with Crippen molar-refractivity contribution in [2.75, 3.05) is 11.4 Å². The third-order valence-corrected chi connectivity index (χ3v) is 4.53. The molecule has 3 rings (SSSR count). The summed E-state index contributed by atoms with van der Waals surface area (Å²) in [6.45, 7) is 0.620. The normalized spacial score (nSPS) is 20.8. The van der Waals surface area contributed by atoms with Crippen molar-refractivity contribution in [2.45, 2.75) is 38.1 Å². The van der Waals surface area contributed by atoms with Gasteiger partial charge in [0, 0.05) is 18.7 Å². The molecule has 2 N–H and O–H groups in total. The average Bonchev–Trinajstić information content (AvgIpc) is 2.81. The van der Waals surface area contributed by atoms with Crippen molar-refractivity contribution < 1.29 is 14.7 Å². The number of hydrogen-bond acceptors (Lipinski definition) is 2. The van der Waals surface area contributed by atoms with Crippen LogP contribution in [-0.4, -0.2) is 29.7 Å². The number of carbonyl (C=O) groups is 2. The number of carboxylic acid groups (broad SMARTS) is 1. The van der Waals surface area contributed by atoms with E-state index < -0.39 is 12.0 Å². The Labute approximate surface area is 123 Å². The highest BCUT2D eigenvalue weighted by Crippen LogP contribution is 2.32. The minimum Gasteiger partial charge on any atom is -0.480 e. The molecule has 112 valence electrons. The van der Waals surface area contributed by atoms with Crippen molar-refractivity contribution in [1.82, 2.24) is 5.32 Å². The van der Waals surface area contributed by atoms with Crippen LogP contribution < -0.4 is 10.2 Å². The summed E-state index contributed by atoms with van der Waals surface area (Å²) in [5.41, 5.74) is 1.63. The number of nitrogens with zero attached hydrogens (tertiary/aromatic N) is 1. The van der Waals surface area contributed by atoms with Crippen LogP contribution in [0.2, 0.25) is 0 Å². The number of rotatable bonds is 4. The maximum absolute atomic E-state index is 12.4. The van der Waals surface area contributed by atoms with Crippen molar-refractivity contribution in [3.8, 4) is 0 Å². The third kappa shape index (κ3) is 2.73. The predicted molar refractivity (Wildman–Crippen MR) is 79.4 cm³/mol. The summed E-state index contributed by atoms with van der Waals surface area (Å²) >= 11 is 0. The Morgan fingerprint density at radius 2 is 2.05 bits per heavy atom. The Balaban J connectivity index is 1.67. The van der Waals surface area contributed by atoms with Gasteiger partial charge in [-0.05, 0) is 24.0 Å². The van der Waals surface area contributed by atoms with E-state index in [0.29, 0.717) is 18.7 Å². The van der Waals surface area contributed by atoms with Crippen LogP contribution in [-0.2, 0) is 11.2 Å². The van der Waals surface area contributed by atoms with E-state index in [1.54, 1.807) is 0 Å². The molecule has 1 fully saturated rings. The molecule has 21 heavy (non-hydrogen) atoms. The van der Waals surface area contributed by atoms with Crippen molar-refractivity contribution in [1.29, 1.82) is 0 Å². The molecule has 0 radical (unpaired) electrons. The third-order valence-electron chi connectivity index (χ3n) is 4.53. The number of nitrogens with one attached hydrogen (secondary N) is 1. The van der Waals surface area contributed by atoms with E-state index in [2.05, 4.69) is 5.32 Å². The monoisotopic (exact) mass is 288 g/mol. The lowest BCUT2D eigenvalue weighted by Gasteiger charge is -2.27. The predicted octanol–water partition coefficient (Wildman–Crippen LogP) is 2.40. The Kier molecular flexibility index (Phi) is 3.82. The molecule has 1 atom stereocenters. The molecular weight excluding hydrogens is 268 g/mol. The van der Waals surface area contributed by atoms with E-state index in [1.807, 2.05) is 24.3 Å². The topological polar surface area (TPSA) is 69.6 Å². The lowest BCUT2D eigenvalue weighted by atomic mass is 9.83. The van der Waals surface area contributed by atoms with E-state index in [1.165, 1.54) is 24.2 Å². The second kappa shape index (κ2) is 5.76. The van der Waals surface area contributed by atoms with E-state index in [-0.39, 0.29) is 6.03 Å². The SMILES string of the molecule is O=C(O)[C@@H]1Cc2ccccc2N1C(=O)NCCC1CCC1. The molecule has 1 aliphatic heterocycles. The van der Waals surface area contributed by atoms with Gasteiger partial charge in [-0.3, -0.25) is 4.90 Å². The van der Waals surface area contributed by atoms with Gasteiger partial charge in [0.25, 0.3) is 0 Å². The van der Waals surface area contributed by atoms with Crippen LogP contribution in [0.15, 0.2) is 24.3 Å². The number of carbonyl (C=O) groups excluding carboxylic acids is 1. The highest BCUT2D eigenvalue weighted by Gasteiger charge is 2.38. The molecular formula is C16H20N2O3. The molecule has 5 heteroatoms. The van der Waals surface area contributed by atoms with Crippen LogP contribution in [0, 0.1) is 5.92 Å². The number of anilines is 1. The van der Waals surface area contributed by atoms with Gasteiger partial charge in [0.2, 0.25) is 0 Å². The largest absolute Gasteiger partial charge is 0.480 e. The fourth-order valence-corrected chi connectivity index (χ4v) is 3.08. The highest BCUT2D eigenvalue weighted by atomic mass is 16.4. The minimum atomic E-state index is -0.958. The standard InChI is InChI=1S/C16H20N2O3/c19-15(20)14-10-12-6-1-2-7-13(12)18(14)16(21)17-9-8-11-4-3-5-11/h1-2,6-7,11,14H,3-5,8-10H2,(H,17,21)(H,19,20)/t14-/m0/s1. The zero-order chi connectivity index (χ0) is 14.8. The quantitative estimate of drug-likeness (QED) is 0.894. The molecule has 2 amide bonds. The number of carboxylic acids is 1. The maximum atomic E-state index is 12.4. The van der Waals surface area contributed by atoms with E-state index >= 15 is 0 Å². The van der Waals surface area contributed by atoms with Crippen molar-refractivity contribution in [3.63, 3.8) is 0 Å². The summed E-state index contributed by atoms with van der Waals surface area (Å²) in [6.07, 6.45) is 5.15. The van der Waals surface area contributed by atoms with Gasteiger partial charge in [-0.2, -0.15) is 0 Å². The Hall–Kier alpha value is -2.04. The maximum Gasteiger partial charge on any atom is 0.327 e. The summed E-state index contributed by atoms with van der Waals surface area (Å²) in [5.74, 6) is -0.230. The molecule has 1 saturated carbocycles. The molecule has 0 aromatic heterocycles. The number of fused-ring (bicyclic) bond motifs is 1. The first-order chi connectivity index (χ1) is 10.2. The molecule has 0 saturated heterocycles. The second-order valence-electron chi connectivity index (χ2n) is 5.87. The summed E-state index contributed by atoms with van der Waals surface area (Å²) in [4.78, 5) is 25.2. The number of hydrogen-bond donors (Lipinski definition) is 2. The van der Waals surface area contributed by atoms with Gasteiger partial charge in [0.15, 0.2) is 0 Å². The fraction of sp³-hybridized carbons (Fsp3) is 0.500. The number of urea groups is 1. The van der Waals surface area contributed by atoms with Gasteiger partial charge in [0.05, 0.1) is 0 Å². The number of aliphatic carboxylic acids is 1. The second-order valence-corrected chi connectivity index (χ2v) is 5.87. The van der Waals surface area contributed by atoms with Crippen molar-refractivity contribution >= 4 is 17.7 Å². The number of benzene rings is 1. The molecule has 2 aliphatic rings. The fourth-order valence-electron chi connectivity index (χ4n) is 3.08. The molecule has 5 nitrogen and oxygen atoms in total. The zero-order valence-corrected chi connectivity index (χ0v) is 11.9. The smallest absolute Gasteiger partial charge is 0.327 e. The molecule has 1 heterocycles. The number of amides is 2. The van der Waals surface area contributed by atoms with Gasteiger partial charge in [-0.1, -0.05) is 37.5 Å². The summed E-state index contributed by atoms with van der Waals surface area (Å²) < 4.78 is 0. The highest BCUT2D eigenvalue weighted by molar-refractivity contribution is 6.01. The lowest BCUT2D eigenvalue weighted by molar-refractivity contribution is -0.138. The molecule has 0 spiro atoms. The average molecular weight is 288 g/mol. The first kappa shape index (κ1) is 13.9. The van der Waals surface area contributed by atoms with E-state index in [9.17, 15) is 14.7 Å². The van der Waals surface area contributed by atoms with Crippen LogP contribution in [0.5, 0.6) is 0 Å². The van der Waals surface area contributed by atoms with Crippen LogP contribution in [0.4, 0.5) is 10.5 Å². The van der Waals surface area contributed by atoms with Crippen molar-refractivity contribution in [2.24, 2.45) is 5.92 Å². The Bertz CT molecular complexity index is 554. The van der Waals surface area contributed by atoms with Gasteiger partial charge in [-0.25, -0.2) is 9.59 Å². The van der Waals surface area contributed by atoms with Crippen molar-refractivity contribution in [3.05, 3.63) is 29.8 Å². The number of para-hydroxylation sites is 1. The first-order valence-corrected chi connectivity index (χ1v) is 7.54. The lowest BCUT2D eigenvalue weighted by Crippen LogP contribution is -2.48. The Morgan fingerprint density at radius 3 is 2.71 bits per heavy atom. The van der Waals surface area contributed by atoms with E-state index in [4.69, 9.17) is 0 Å². The van der Waals surface area contributed by atoms with Crippen LogP contribution in [0.25, 0.3) is 0 Å². The van der Waals surface area contributed by atoms with Crippen LogP contribution in [0.1, 0.15) is 31.2 Å². The van der Waals surface area contributed by atoms with Crippen LogP contribution >= 0.6 is 0 Å². The first-order valence-electron chi connectivity index (χ1n) is 7.54. The summed E-state index contributed by atoms with van der Waals surface area (Å²) in [5, 5.41) is 12.2. The zero-order valence-electron chi connectivity index (χ0n) is 11.9.